The third-order valence-corrected chi connectivity index (χ3v) is 4.18. The summed E-state index contributed by atoms with van der Waals surface area (Å²) < 4.78 is 0. The van der Waals surface area contributed by atoms with Crippen LogP contribution in [0.1, 0.15) is 58.3 Å². The Hall–Kier alpha value is -0.520. The maximum absolute atomic E-state index is 2.52. The lowest BCUT2D eigenvalue weighted by atomic mass is 9.65. The fourth-order valence-electron chi connectivity index (χ4n) is 3.43. The Balaban J connectivity index is 2.12. The summed E-state index contributed by atoms with van der Waals surface area (Å²) in [7, 11) is 0. The van der Waals surface area contributed by atoms with Gasteiger partial charge in [-0.25, -0.2) is 0 Å². The molecule has 0 radical (unpaired) electrons. The Kier molecular flexibility index (Phi) is 3.66. The molecule has 0 heterocycles. The number of hydrogen-bond donors (Lipinski definition) is 0. The van der Waals surface area contributed by atoms with Gasteiger partial charge in [0.1, 0.15) is 0 Å². The Labute approximate surface area is 94.5 Å². The zero-order chi connectivity index (χ0) is 10.6. The first kappa shape index (κ1) is 11.0. The Morgan fingerprint density at radius 3 is 2.33 bits per heavy atom. The molecule has 1 saturated carbocycles. The molecule has 2 aliphatic rings. The van der Waals surface area contributed by atoms with Gasteiger partial charge in [-0.15, -0.1) is 0 Å². The maximum atomic E-state index is 2.52. The van der Waals surface area contributed by atoms with Gasteiger partial charge in [0.15, 0.2) is 0 Å². The van der Waals surface area contributed by atoms with Gasteiger partial charge < -0.3 is 0 Å². The van der Waals surface area contributed by atoms with Gasteiger partial charge in [-0.2, -0.15) is 0 Å². The van der Waals surface area contributed by atoms with Gasteiger partial charge in [0.05, 0.1) is 0 Å². The maximum Gasteiger partial charge on any atom is 0.00893 e. The van der Waals surface area contributed by atoms with Gasteiger partial charge in [-0.05, 0) is 31.6 Å². The minimum absolute atomic E-state index is 0.438. The van der Waals surface area contributed by atoms with Crippen molar-refractivity contribution in [2.45, 2.75) is 58.3 Å². The first-order valence-electron chi connectivity index (χ1n) is 6.73. The SMILES string of the molecule is CCCC1(C2CCCCC2)C=CCC=C1. The van der Waals surface area contributed by atoms with Gasteiger partial charge in [-0.3, -0.25) is 0 Å². The minimum atomic E-state index is 0.438. The van der Waals surface area contributed by atoms with Gasteiger partial charge in [0.2, 0.25) is 0 Å². The molecular weight excluding hydrogens is 180 g/mol. The highest BCUT2D eigenvalue weighted by Crippen LogP contribution is 2.45. The average Bonchev–Trinajstić information content (AvgIpc) is 2.32. The predicted molar refractivity (Wildman–Crippen MR) is 66.8 cm³/mol. The third kappa shape index (κ3) is 2.35. The summed E-state index contributed by atoms with van der Waals surface area (Å²) in [6, 6.07) is 0. The molecule has 0 N–H and O–H groups in total. The lowest BCUT2D eigenvalue weighted by Gasteiger charge is -2.40. The van der Waals surface area contributed by atoms with Crippen molar-refractivity contribution in [2.75, 3.05) is 0 Å². The van der Waals surface area contributed by atoms with E-state index in [1.807, 2.05) is 0 Å². The van der Waals surface area contributed by atoms with Crippen molar-refractivity contribution >= 4 is 0 Å². The van der Waals surface area contributed by atoms with Crippen molar-refractivity contribution in [1.82, 2.24) is 0 Å². The second-order valence-corrected chi connectivity index (χ2v) is 5.24. The van der Waals surface area contributed by atoms with E-state index in [9.17, 15) is 0 Å². The zero-order valence-corrected chi connectivity index (χ0v) is 10.0. The third-order valence-electron chi connectivity index (χ3n) is 4.18. The van der Waals surface area contributed by atoms with Crippen LogP contribution in [0.4, 0.5) is 0 Å². The lowest BCUT2D eigenvalue weighted by Crippen LogP contribution is -2.29. The molecule has 0 spiro atoms. The average molecular weight is 204 g/mol. The Morgan fingerprint density at radius 2 is 1.73 bits per heavy atom. The van der Waals surface area contributed by atoms with Gasteiger partial charge in [0, 0.05) is 5.41 Å². The van der Waals surface area contributed by atoms with Crippen molar-refractivity contribution in [3.8, 4) is 0 Å². The van der Waals surface area contributed by atoms with E-state index < -0.39 is 0 Å². The predicted octanol–water partition coefficient (Wildman–Crippen LogP) is 4.87. The van der Waals surface area contributed by atoms with E-state index in [1.165, 1.54) is 44.9 Å². The second-order valence-electron chi connectivity index (χ2n) is 5.24. The molecule has 2 rings (SSSR count). The summed E-state index contributed by atoms with van der Waals surface area (Å²) in [5.41, 5.74) is 0.438. The fraction of sp³-hybridized carbons (Fsp3) is 0.733. The zero-order valence-electron chi connectivity index (χ0n) is 10.0. The summed E-state index contributed by atoms with van der Waals surface area (Å²) in [6.45, 7) is 2.32. The molecule has 84 valence electrons. The van der Waals surface area contributed by atoms with E-state index in [-0.39, 0.29) is 0 Å². The molecule has 0 aliphatic heterocycles. The molecule has 0 bridgehead atoms. The lowest BCUT2D eigenvalue weighted by molar-refractivity contribution is 0.204. The van der Waals surface area contributed by atoms with Crippen molar-refractivity contribution in [3.05, 3.63) is 24.3 Å². The van der Waals surface area contributed by atoms with Crippen LogP contribution in [0.5, 0.6) is 0 Å². The highest BCUT2D eigenvalue weighted by atomic mass is 14.4. The normalized spacial score (nSPS) is 25.7. The van der Waals surface area contributed by atoms with E-state index in [4.69, 9.17) is 0 Å². The monoisotopic (exact) mass is 204 g/mol. The van der Waals surface area contributed by atoms with E-state index in [2.05, 4.69) is 31.2 Å². The second kappa shape index (κ2) is 5.01. The number of rotatable bonds is 3. The first-order valence-corrected chi connectivity index (χ1v) is 6.73. The fourth-order valence-corrected chi connectivity index (χ4v) is 3.43. The number of allylic oxidation sites excluding steroid dienone is 4. The molecule has 0 nitrogen and oxygen atoms in total. The summed E-state index contributed by atoms with van der Waals surface area (Å²) in [5.74, 6) is 0.930. The Morgan fingerprint density at radius 1 is 1.07 bits per heavy atom. The van der Waals surface area contributed by atoms with E-state index in [0.717, 1.165) is 12.3 Å². The van der Waals surface area contributed by atoms with E-state index in [0.29, 0.717) is 5.41 Å². The molecule has 0 amide bonds. The molecule has 0 aromatic carbocycles. The molecule has 0 heteroatoms. The van der Waals surface area contributed by atoms with Crippen LogP contribution in [0.15, 0.2) is 24.3 Å². The first-order chi connectivity index (χ1) is 7.37. The molecule has 0 aromatic rings. The largest absolute Gasteiger partial charge is 0.0839 e. The van der Waals surface area contributed by atoms with Crippen LogP contribution in [-0.2, 0) is 0 Å². The highest BCUT2D eigenvalue weighted by Gasteiger charge is 2.34. The smallest absolute Gasteiger partial charge is 0.00893 e. The molecule has 2 aliphatic carbocycles. The quantitative estimate of drug-likeness (QED) is 0.575. The van der Waals surface area contributed by atoms with Crippen molar-refractivity contribution in [1.29, 1.82) is 0 Å². The number of hydrogen-bond acceptors (Lipinski definition) is 0. The molecular formula is C15H24. The molecule has 15 heavy (non-hydrogen) atoms. The van der Waals surface area contributed by atoms with Crippen LogP contribution in [0.3, 0.4) is 0 Å². The van der Waals surface area contributed by atoms with Crippen molar-refractivity contribution in [3.63, 3.8) is 0 Å². The van der Waals surface area contributed by atoms with Crippen LogP contribution in [0.25, 0.3) is 0 Å². The molecule has 0 unspecified atom stereocenters. The highest BCUT2D eigenvalue weighted by molar-refractivity contribution is 5.19. The van der Waals surface area contributed by atoms with E-state index in [1.54, 1.807) is 0 Å². The van der Waals surface area contributed by atoms with Crippen LogP contribution in [0, 0.1) is 11.3 Å². The van der Waals surface area contributed by atoms with Crippen molar-refractivity contribution < 1.29 is 0 Å². The summed E-state index contributed by atoms with van der Waals surface area (Å²) in [5, 5.41) is 0. The van der Waals surface area contributed by atoms with E-state index >= 15 is 0 Å². The molecule has 0 atom stereocenters. The van der Waals surface area contributed by atoms with Crippen LogP contribution in [-0.4, -0.2) is 0 Å². The minimum Gasteiger partial charge on any atom is -0.0839 e. The van der Waals surface area contributed by atoms with Gasteiger partial charge in [0.25, 0.3) is 0 Å². The van der Waals surface area contributed by atoms with Gasteiger partial charge >= 0.3 is 0 Å². The topological polar surface area (TPSA) is 0 Å². The molecule has 1 fully saturated rings. The van der Waals surface area contributed by atoms with Crippen LogP contribution >= 0.6 is 0 Å². The van der Waals surface area contributed by atoms with Crippen molar-refractivity contribution in [2.24, 2.45) is 11.3 Å². The van der Waals surface area contributed by atoms with Crippen LogP contribution in [0.2, 0.25) is 0 Å². The molecule has 0 aromatic heterocycles. The Bertz CT molecular complexity index is 229. The summed E-state index contributed by atoms with van der Waals surface area (Å²) in [6.07, 6.45) is 20.9. The summed E-state index contributed by atoms with van der Waals surface area (Å²) >= 11 is 0. The molecule has 0 saturated heterocycles. The van der Waals surface area contributed by atoms with Gasteiger partial charge in [-0.1, -0.05) is 56.9 Å². The van der Waals surface area contributed by atoms with Crippen LogP contribution < -0.4 is 0 Å². The standard InChI is InChI=1S/C15H24/c1-2-11-15(12-7-4-8-13-15)14-9-5-3-6-10-14/h7-8,12-14H,2-6,9-11H2,1H3. The summed E-state index contributed by atoms with van der Waals surface area (Å²) in [4.78, 5) is 0.